The number of hydrogen-bond acceptors (Lipinski definition) is 2. The Kier molecular flexibility index (Phi) is 2.49. The standard InChI is InChI=1S/C14H10ClNO2/c1-18-9-3-5-12-11(6-9)10-4-2-8(7-17)13(15)14(10)16-12/h2-7,16H,1H3. The number of aldehydes is 1. The second kappa shape index (κ2) is 4.03. The summed E-state index contributed by atoms with van der Waals surface area (Å²) >= 11 is 6.19. The van der Waals surface area contributed by atoms with E-state index in [2.05, 4.69) is 4.98 Å². The lowest BCUT2D eigenvalue weighted by atomic mass is 10.1. The minimum absolute atomic E-state index is 0.456. The molecule has 0 saturated heterocycles. The summed E-state index contributed by atoms with van der Waals surface area (Å²) in [4.78, 5) is 14.1. The fourth-order valence-electron chi connectivity index (χ4n) is 2.15. The number of H-pyrrole nitrogens is 1. The van der Waals surface area contributed by atoms with E-state index < -0.39 is 0 Å². The van der Waals surface area contributed by atoms with E-state index in [9.17, 15) is 4.79 Å². The van der Waals surface area contributed by atoms with Crippen LogP contribution in [0.1, 0.15) is 10.4 Å². The first-order chi connectivity index (χ1) is 8.74. The molecule has 18 heavy (non-hydrogen) atoms. The summed E-state index contributed by atoms with van der Waals surface area (Å²) < 4.78 is 5.21. The molecule has 2 aromatic carbocycles. The van der Waals surface area contributed by atoms with Crippen LogP contribution in [0.3, 0.4) is 0 Å². The zero-order valence-electron chi connectivity index (χ0n) is 9.66. The van der Waals surface area contributed by atoms with E-state index in [0.29, 0.717) is 10.6 Å². The first-order valence-corrected chi connectivity index (χ1v) is 5.85. The predicted molar refractivity (Wildman–Crippen MR) is 72.8 cm³/mol. The number of hydrogen-bond donors (Lipinski definition) is 1. The lowest BCUT2D eigenvalue weighted by Crippen LogP contribution is -1.82. The fraction of sp³-hybridized carbons (Fsp3) is 0.0714. The molecule has 0 aliphatic heterocycles. The lowest BCUT2D eigenvalue weighted by Gasteiger charge is -1.99. The maximum Gasteiger partial charge on any atom is 0.151 e. The fourth-order valence-corrected chi connectivity index (χ4v) is 2.40. The van der Waals surface area contributed by atoms with Crippen molar-refractivity contribution in [1.29, 1.82) is 0 Å². The average Bonchev–Trinajstić information content (AvgIpc) is 2.78. The van der Waals surface area contributed by atoms with E-state index in [1.807, 2.05) is 24.3 Å². The van der Waals surface area contributed by atoms with E-state index in [0.717, 1.165) is 33.8 Å². The molecule has 1 heterocycles. The van der Waals surface area contributed by atoms with E-state index in [1.165, 1.54) is 0 Å². The second-order valence-electron chi connectivity index (χ2n) is 4.05. The molecule has 0 aliphatic rings. The van der Waals surface area contributed by atoms with Crippen molar-refractivity contribution in [1.82, 2.24) is 4.98 Å². The molecular weight excluding hydrogens is 250 g/mol. The highest BCUT2D eigenvalue weighted by atomic mass is 35.5. The molecule has 4 heteroatoms. The van der Waals surface area contributed by atoms with Crippen molar-refractivity contribution >= 4 is 39.7 Å². The first-order valence-electron chi connectivity index (χ1n) is 5.47. The number of carbonyl (C=O) groups excluding carboxylic acids is 1. The van der Waals surface area contributed by atoms with Crippen LogP contribution in [0.5, 0.6) is 5.75 Å². The minimum atomic E-state index is 0.456. The van der Waals surface area contributed by atoms with Crippen molar-refractivity contribution in [3.8, 4) is 5.75 Å². The van der Waals surface area contributed by atoms with Crippen LogP contribution in [0.4, 0.5) is 0 Å². The van der Waals surface area contributed by atoms with Gasteiger partial charge in [0, 0.05) is 21.9 Å². The Balaban J connectivity index is 2.44. The van der Waals surface area contributed by atoms with Crippen LogP contribution in [0, 0.1) is 0 Å². The van der Waals surface area contributed by atoms with Crippen LogP contribution in [0.2, 0.25) is 5.02 Å². The Labute approximate surface area is 108 Å². The maximum absolute atomic E-state index is 10.9. The highest BCUT2D eigenvalue weighted by molar-refractivity contribution is 6.38. The Morgan fingerprint density at radius 1 is 1.22 bits per heavy atom. The number of ether oxygens (including phenoxy) is 1. The third kappa shape index (κ3) is 1.48. The quantitative estimate of drug-likeness (QED) is 0.712. The van der Waals surface area contributed by atoms with Crippen molar-refractivity contribution in [2.75, 3.05) is 7.11 Å². The molecule has 0 saturated carbocycles. The smallest absolute Gasteiger partial charge is 0.151 e. The number of aromatic amines is 1. The zero-order chi connectivity index (χ0) is 12.7. The van der Waals surface area contributed by atoms with Gasteiger partial charge in [0.25, 0.3) is 0 Å². The van der Waals surface area contributed by atoms with Gasteiger partial charge in [-0.15, -0.1) is 0 Å². The van der Waals surface area contributed by atoms with Gasteiger partial charge in [-0.25, -0.2) is 0 Å². The lowest BCUT2D eigenvalue weighted by molar-refractivity contribution is 0.112. The summed E-state index contributed by atoms with van der Waals surface area (Å²) in [6.07, 6.45) is 0.758. The molecule has 1 N–H and O–H groups in total. The molecule has 0 fully saturated rings. The summed E-state index contributed by atoms with van der Waals surface area (Å²) in [5.41, 5.74) is 2.24. The monoisotopic (exact) mass is 259 g/mol. The summed E-state index contributed by atoms with van der Waals surface area (Å²) in [7, 11) is 1.63. The van der Waals surface area contributed by atoms with Gasteiger partial charge in [-0.05, 0) is 24.3 Å². The van der Waals surface area contributed by atoms with E-state index in [1.54, 1.807) is 13.2 Å². The highest BCUT2D eigenvalue weighted by Crippen LogP contribution is 2.33. The molecule has 0 unspecified atom stereocenters. The Morgan fingerprint density at radius 2 is 2.06 bits per heavy atom. The van der Waals surface area contributed by atoms with Crippen LogP contribution < -0.4 is 4.74 Å². The average molecular weight is 260 g/mol. The van der Waals surface area contributed by atoms with Gasteiger partial charge >= 0.3 is 0 Å². The number of rotatable bonds is 2. The summed E-state index contributed by atoms with van der Waals surface area (Å²) in [5.74, 6) is 0.791. The molecule has 90 valence electrons. The number of carbonyl (C=O) groups is 1. The molecule has 3 aromatic rings. The second-order valence-corrected chi connectivity index (χ2v) is 4.42. The highest BCUT2D eigenvalue weighted by Gasteiger charge is 2.11. The number of benzene rings is 2. The van der Waals surface area contributed by atoms with E-state index in [4.69, 9.17) is 16.3 Å². The van der Waals surface area contributed by atoms with Crippen LogP contribution in [0.25, 0.3) is 21.8 Å². The van der Waals surface area contributed by atoms with Gasteiger partial charge in [-0.3, -0.25) is 4.79 Å². The van der Waals surface area contributed by atoms with Gasteiger partial charge in [0.1, 0.15) is 5.75 Å². The van der Waals surface area contributed by atoms with Crippen molar-refractivity contribution in [2.24, 2.45) is 0 Å². The largest absolute Gasteiger partial charge is 0.497 e. The summed E-state index contributed by atoms with van der Waals surface area (Å²) in [5, 5.41) is 2.47. The molecule has 0 aliphatic carbocycles. The van der Waals surface area contributed by atoms with Crippen LogP contribution in [-0.4, -0.2) is 18.4 Å². The summed E-state index contributed by atoms with van der Waals surface area (Å²) in [6.45, 7) is 0. The van der Waals surface area contributed by atoms with Crippen LogP contribution in [0.15, 0.2) is 30.3 Å². The molecule has 0 atom stereocenters. The number of fused-ring (bicyclic) bond motifs is 3. The van der Waals surface area contributed by atoms with E-state index >= 15 is 0 Å². The molecule has 0 amide bonds. The SMILES string of the molecule is COc1ccc2[nH]c3c(Cl)c(C=O)ccc3c2c1. The Morgan fingerprint density at radius 3 is 2.78 bits per heavy atom. The van der Waals surface area contributed by atoms with Crippen LogP contribution >= 0.6 is 11.6 Å². The number of aromatic nitrogens is 1. The van der Waals surface area contributed by atoms with E-state index in [-0.39, 0.29) is 0 Å². The van der Waals surface area contributed by atoms with Crippen molar-refractivity contribution in [3.63, 3.8) is 0 Å². The topological polar surface area (TPSA) is 42.1 Å². The molecule has 0 bridgehead atoms. The number of nitrogens with one attached hydrogen (secondary N) is 1. The number of halogens is 1. The molecule has 0 radical (unpaired) electrons. The first kappa shape index (κ1) is 11.1. The third-order valence-electron chi connectivity index (χ3n) is 3.08. The molecule has 3 nitrogen and oxygen atoms in total. The Hall–Kier alpha value is -2.00. The third-order valence-corrected chi connectivity index (χ3v) is 3.48. The Bertz CT molecular complexity index is 761. The molecule has 1 aromatic heterocycles. The van der Waals surface area contributed by atoms with Gasteiger partial charge in [0.05, 0.1) is 17.6 Å². The van der Waals surface area contributed by atoms with Gasteiger partial charge in [0.2, 0.25) is 0 Å². The van der Waals surface area contributed by atoms with Gasteiger partial charge < -0.3 is 9.72 Å². The van der Waals surface area contributed by atoms with Crippen molar-refractivity contribution in [2.45, 2.75) is 0 Å². The predicted octanol–water partition coefficient (Wildman–Crippen LogP) is 3.80. The number of methoxy groups -OCH3 is 1. The van der Waals surface area contributed by atoms with Gasteiger partial charge in [-0.1, -0.05) is 17.7 Å². The molecule has 3 rings (SSSR count). The van der Waals surface area contributed by atoms with Crippen molar-refractivity contribution in [3.05, 3.63) is 40.9 Å². The zero-order valence-corrected chi connectivity index (χ0v) is 10.4. The minimum Gasteiger partial charge on any atom is -0.497 e. The molecule has 0 spiro atoms. The van der Waals surface area contributed by atoms with Crippen molar-refractivity contribution < 1.29 is 9.53 Å². The summed E-state index contributed by atoms with van der Waals surface area (Å²) in [6, 6.07) is 9.38. The van der Waals surface area contributed by atoms with Gasteiger partial charge in [-0.2, -0.15) is 0 Å². The van der Waals surface area contributed by atoms with Gasteiger partial charge in [0.15, 0.2) is 6.29 Å². The van der Waals surface area contributed by atoms with Crippen LogP contribution in [-0.2, 0) is 0 Å². The molecular formula is C14H10ClNO2. The normalized spacial score (nSPS) is 11.0. The maximum atomic E-state index is 10.9.